The fourth-order valence-corrected chi connectivity index (χ4v) is 3.17. The molecule has 2 aromatic rings. The molecule has 8 heteroatoms. The highest BCUT2D eigenvalue weighted by molar-refractivity contribution is 7.91. The van der Waals surface area contributed by atoms with Crippen molar-refractivity contribution >= 4 is 27.3 Å². The molecule has 0 saturated carbocycles. The van der Waals surface area contributed by atoms with Crippen LogP contribution in [0.1, 0.15) is 10.5 Å². The van der Waals surface area contributed by atoms with E-state index in [9.17, 15) is 13.2 Å². The summed E-state index contributed by atoms with van der Waals surface area (Å²) in [5.41, 5.74) is 2.53. The molecule has 2 N–H and O–H groups in total. The number of amides is 1. The first-order valence-corrected chi connectivity index (χ1v) is 7.34. The number of carbonyl (C=O) groups excluding carboxylic acids is 1. The van der Waals surface area contributed by atoms with Gasteiger partial charge in [-0.2, -0.15) is 0 Å². The number of hydrogen-bond donors (Lipinski definition) is 2. The topological polar surface area (TPSA) is 80.2 Å². The summed E-state index contributed by atoms with van der Waals surface area (Å²) in [7, 11) is -1.99. The van der Waals surface area contributed by atoms with Crippen molar-refractivity contribution in [2.75, 3.05) is 0 Å². The molecule has 0 aromatic carbocycles. The van der Waals surface area contributed by atoms with Gasteiger partial charge in [0.15, 0.2) is 0 Å². The molecular formula is C10H11N3O3S2. The summed E-state index contributed by atoms with van der Waals surface area (Å²) in [6.45, 7) is 0. The second-order valence-corrected chi connectivity index (χ2v) is 6.35. The van der Waals surface area contributed by atoms with Gasteiger partial charge < -0.3 is 4.57 Å². The fourth-order valence-electron chi connectivity index (χ4n) is 1.34. The van der Waals surface area contributed by atoms with E-state index >= 15 is 0 Å². The average Bonchev–Trinajstić information content (AvgIpc) is 2.96. The Kier molecular flexibility index (Phi) is 3.50. The van der Waals surface area contributed by atoms with Crippen LogP contribution in [0.15, 0.2) is 40.1 Å². The van der Waals surface area contributed by atoms with Crippen LogP contribution in [0, 0.1) is 0 Å². The van der Waals surface area contributed by atoms with Crippen LogP contribution in [0.5, 0.6) is 0 Å². The van der Waals surface area contributed by atoms with E-state index in [1.54, 1.807) is 41.4 Å². The molecule has 2 aromatic heterocycles. The molecular weight excluding hydrogens is 274 g/mol. The van der Waals surface area contributed by atoms with Crippen molar-refractivity contribution in [3.8, 4) is 0 Å². The van der Waals surface area contributed by atoms with Gasteiger partial charge in [-0.3, -0.25) is 10.2 Å². The maximum atomic E-state index is 11.7. The molecule has 0 atom stereocenters. The van der Waals surface area contributed by atoms with Crippen molar-refractivity contribution in [2.45, 2.75) is 4.21 Å². The maximum absolute atomic E-state index is 11.7. The summed E-state index contributed by atoms with van der Waals surface area (Å²) in [5, 5.41) is 1.65. The molecule has 1 amide bonds. The third-order valence-electron chi connectivity index (χ3n) is 2.24. The normalized spacial score (nSPS) is 11.4. The standard InChI is InChI=1S/C10H11N3O3S2/c1-13-6-2-4-8(13)10(14)11-12-18(15,16)9-5-3-7-17-9/h2-7,12H,1H3,(H,11,14). The van der Waals surface area contributed by atoms with E-state index in [2.05, 4.69) is 5.43 Å². The Morgan fingerprint density at radius 3 is 2.67 bits per heavy atom. The minimum Gasteiger partial charge on any atom is -0.347 e. The molecule has 2 heterocycles. The Labute approximate surface area is 108 Å². The molecule has 0 saturated heterocycles. The van der Waals surface area contributed by atoms with Crippen molar-refractivity contribution < 1.29 is 13.2 Å². The maximum Gasteiger partial charge on any atom is 0.282 e. The zero-order chi connectivity index (χ0) is 13.2. The summed E-state index contributed by atoms with van der Waals surface area (Å²) < 4.78 is 25.2. The molecule has 0 bridgehead atoms. The number of hydrogen-bond acceptors (Lipinski definition) is 4. The fraction of sp³-hybridized carbons (Fsp3) is 0.100. The number of nitrogens with zero attached hydrogens (tertiary/aromatic N) is 1. The van der Waals surface area contributed by atoms with E-state index in [1.165, 1.54) is 6.07 Å². The molecule has 0 spiro atoms. The monoisotopic (exact) mass is 285 g/mol. The second kappa shape index (κ2) is 4.92. The van der Waals surface area contributed by atoms with Crippen LogP contribution in [-0.4, -0.2) is 18.9 Å². The van der Waals surface area contributed by atoms with Crippen molar-refractivity contribution in [1.29, 1.82) is 0 Å². The van der Waals surface area contributed by atoms with E-state index in [0.29, 0.717) is 5.69 Å². The minimum absolute atomic E-state index is 0.148. The van der Waals surface area contributed by atoms with Crippen LogP contribution in [0.2, 0.25) is 0 Å². The lowest BCUT2D eigenvalue weighted by Gasteiger charge is -2.07. The highest BCUT2D eigenvalue weighted by Crippen LogP contribution is 2.14. The number of aromatic nitrogens is 1. The third kappa shape index (κ3) is 2.61. The van der Waals surface area contributed by atoms with Crippen LogP contribution in [0.25, 0.3) is 0 Å². The van der Waals surface area contributed by atoms with Gasteiger partial charge in [0.05, 0.1) is 0 Å². The van der Waals surface area contributed by atoms with Crippen molar-refractivity contribution in [1.82, 2.24) is 14.8 Å². The molecule has 2 rings (SSSR count). The highest BCUT2D eigenvalue weighted by atomic mass is 32.2. The van der Waals surface area contributed by atoms with Gasteiger partial charge in [0.25, 0.3) is 15.9 Å². The van der Waals surface area contributed by atoms with Gasteiger partial charge in [-0.1, -0.05) is 6.07 Å². The molecule has 6 nitrogen and oxygen atoms in total. The van der Waals surface area contributed by atoms with Gasteiger partial charge in [0.2, 0.25) is 0 Å². The number of rotatable bonds is 4. The molecule has 0 aliphatic rings. The van der Waals surface area contributed by atoms with Gasteiger partial charge in [-0.15, -0.1) is 16.2 Å². The quantitative estimate of drug-likeness (QED) is 0.812. The van der Waals surface area contributed by atoms with Crippen molar-refractivity contribution in [3.63, 3.8) is 0 Å². The van der Waals surface area contributed by atoms with Crippen molar-refractivity contribution in [3.05, 3.63) is 41.5 Å². The zero-order valence-electron chi connectivity index (χ0n) is 9.45. The van der Waals surface area contributed by atoms with E-state index in [0.717, 1.165) is 11.3 Å². The second-order valence-electron chi connectivity index (χ2n) is 3.50. The van der Waals surface area contributed by atoms with Crippen LogP contribution in [0.3, 0.4) is 0 Å². The molecule has 0 fully saturated rings. The molecule has 0 radical (unpaired) electrons. The third-order valence-corrected chi connectivity index (χ3v) is 4.88. The largest absolute Gasteiger partial charge is 0.347 e. The summed E-state index contributed by atoms with van der Waals surface area (Å²) >= 11 is 1.08. The Hall–Kier alpha value is -1.64. The molecule has 18 heavy (non-hydrogen) atoms. The minimum atomic E-state index is -3.69. The first kappa shape index (κ1) is 12.8. The van der Waals surface area contributed by atoms with Crippen molar-refractivity contribution in [2.24, 2.45) is 7.05 Å². The van der Waals surface area contributed by atoms with Crippen LogP contribution in [0.4, 0.5) is 0 Å². The first-order valence-electron chi connectivity index (χ1n) is 4.98. The Morgan fingerprint density at radius 1 is 1.33 bits per heavy atom. The SMILES string of the molecule is Cn1cccc1C(=O)NNS(=O)(=O)c1cccs1. The summed E-state index contributed by atoms with van der Waals surface area (Å²) in [6.07, 6.45) is 1.70. The van der Waals surface area contributed by atoms with E-state index in [-0.39, 0.29) is 4.21 Å². The lowest BCUT2D eigenvalue weighted by molar-refractivity contribution is 0.0937. The van der Waals surface area contributed by atoms with Gasteiger partial charge in [0, 0.05) is 13.2 Å². The van der Waals surface area contributed by atoms with Crippen LogP contribution < -0.4 is 10.3 Å². The van der Waals surface area contributed by atoms with Gasteiger partial charge in [-0.25, -0.2) is 8.42 Å². The summed E-state index contributed by atoms with van der Waals surface area (Å²) in [6, 6.07) is 6.37. The number of nitrogens with one attached hydrogen (secondary N) is 2. The molecule has 96 valence electrons. The van der Waals surface area contributed by atoms with Crippen LogP contribution >= 0.6 is 11.3 Å². The number of aryl methyl sites for hydroxylation is 1. The van der Waals surface area contributed by atoms with E-state index in [4.69, 9.17) is 0 Å². The zero-order valence-corrected chi connectivity index (χ0v) is 11.1. The molecule has 0 aliphatic heterocycles. The van der Waals surface area contributed by atoms with Gasteiger partial charge in [0.1, 0.15) is 9.90 Å². The lowest BCUT2D eigenvalue weighted by Crippen LogP contribution is -2.41. The lowest BCUT2D eigenvalue weighted by atomic mass is 10.4. The number of hydrazine groups is 1. The van der Waals surface area contributed by atoms with E-state index < -0.39 is 15.9 Å². The Morgan fingerprint density at radius 2 is 2.11 bits per heavy atom. The number of sulfonamides is 1. The van der Waals surface area contributed by atoms with Crippen LogP contribution in [-0.2, 0) is 17.1 Å². The smallest absolute Gasteiger partial charge is 0.282 e. The average molecular weight is 285 g/mol. The number of thiophene rings is 1. The van der Waals surface area contributed by atoms with E-state index in [1.807, 2.05) is 4.83 Å². The molecule has 0 aliphatic carbocycles. The van der Waals surface area contributed by atoms with Gasteiger partial charge >= 0.3 is 0 Å². The molecule has 0 unspecified atom stereocenters. The predicted octanol–water partition coefficient (Wildman–Crippen LogP) is 0.710. The highest BCUT2D eigenvalue weighted by Gasteiger charge is 2.17. The first-order chi connectivity index (χ1) is 8.50. The Bertz CT molecular complexity index is 644. The summed E-state index contributed by atoms with van der Waals surface area (Å²) in [4.78, 5) is 13.7. The Balaban J connectivity index is 2.05. The number of carbonyl (C=O) groups is 1. The van der Waals surface area contributed by atoms with Gasteiger partial charge in [-0.05, 0) is 23.6 Å². The predicted molar refractivity (Wildman–Crippen MR) is 67.5 cm³/mol. The summed E-state index contributed by atoms with van der Waals surface area (Å²) in [5.74, 6) is -0.511.